The van der Waals surface area contributed by atoms with E-state index in [0.717, 1.165) is 14.2 Å². The monoisotopic (exact) mass is 377 g/mol. The van der Waals surface area contributed by atoms with Crippen molar-refractivity contribution in [1.82, 2.24) is 0 Å². The number of aryl methyl sites for hydroxylation is 1. The quantitative estimate of drug-likeness (QED) is 0.800. The molecule has 0 aliphatic heterocycles. The minimum Gasteiger partial charge on any atom is -0.319 e. The van der Waals surface area contributed by atoms with Crippen LogP contribution in [0.5, 0.6) is 0 Å². The zero-order chi connectivity index (χ0) is 12.6. The molecule has 0 radical (unpaired) electrons. The van der Waals surface area contributed by atoms with Gasteiger partial charge in [-0.1, -0.05) is 22.0 Å². The van der Waals surface area contributed by atoms with Crippen LogP contribution in [0.2, 0.25) is 0 Å². The molecule has 17 heavy (non-hydrogen) atoms. The molecule has 1 unspecified atom stereocenters. The average molecular weight is 379 g/mol. The maximum Gasteiger partial charge on any atom is 0.129 e. The first-order valence-electron chi connectivity index (χ1n) is 4.96. The van der Waals surface area contributed by atoms with E-state index in [2.05, 4.69) is 31.9 Å². The highest BCUT2D eigenvalue weighted by atomic mass is 79.9. The molecule has 2 N–H and O–H groups in total. The fourth-order valence-corrected chi connectivity index (χ4v) is 3.75. The molecule has 1 heterocycles. The number of rotatable bonds is 2. The maximum atomic E-state index is 13.8. The zero-order valence-electron chi connectivity index (χ0n) is 9.01. The van der Waals surface area contributed by atoms with E-state index in [1.807, 2.05) is 13.0 Å². The van der Waals surface area contributed by atoms with Gasteiger partial charge >= 0.3 is 0 Å². The van der Waals surface area contributed by atoms with Gasteiger partial charge in [-0.3, -0.25) is 0 Å². The molecule has 1 aromatic carbocycles. The molecule has 0 aliphatic rings. The Bertz CT molecular complexity index is 514. The molecular formula is C12H10Br2FNS. The lowest BCUT2D eigenvalue weighted by atomic mass is 10.1. The van der Waals surface area contributed by atoms with Crippen molar-refractivity contribution in [3.63, 3.8) is 0 Å². The van der Waals surface area contributed by atoms with E-state index in [9.17, 15) is 4.39 Å². The second-order valence-corrected chi connectivity index (χ2v) is 6.66. The van der Waals surface area contributed by atoms with Crippen molar-refractivity contribution in [2.24, 2.45) is 5.73 Å². The van der Waals surface area contributed by atoms with Crippen molar-refractivity contribution in [3.05, 3.63) is 54.3 Å². The molecule has 0 spiro atoms. The second kappa shape index (κ2) is 5.18. The van der Waals surface area contributed by atoms with E-state index < -0.39 is 6.04 Å². The van der Waals surface area contributed by atoms with Crippen molar-refractivity contribution in [1.29, 1.82) is 0 Å². The zero-order valence-corrected chi connectivity index (χ0v) is 13.0. The van der Waals surface area contributed by atoms with Crippen molar-refractivity contribution < 1.29 is 4.39 Å². The third-order valence-corrected chi connectivity index (χ3v) is 5.40. The van der Waals surface area contributed by atoms with Gasteiger partial charge in [-0.25, -0.2) is 4.39 Å². The number of thiophene rings is 1. The van der Waals surface area contributed by atoms with E-state index in [-0.39, 0.29) is 5.82 Å². The van der Waals surface area contributed by atoms with Gasteiger partial charge in [0.15, 0.2) is 0 Å². The Kier molecular flexibility index (Phi) is 4.02. The molecule has 1 atom stereocenters. The van der Waals surface area contributed by atoms with Crippen LogP contribution in [0.25, 0.3) is 0 Å². The average Bonchev–Trinajstić information content (AvgIpc) is 2.59. The number of benzene rings is 1. The molecule has 0 fully saturated rings. The van der Waals surface area contributed by atoms with Crippen molar-refractivity contribution >= 4 is 43.2 Å². The molecule has 0 amide bonds. The Balaban J connectivity index is 2.47. The normalized spacial score (nSPS) is 12.8. The van der Waals surface area contributed by atoms with Crippen LogP contribution in [0, 0.1) is 12.7 Å². The Morgan fingerprint density at radius 3 is 2.53 bits per heavy atom. The van der Waals surface area contributed by atoms with Gasteiger partial charge in [0.25, 0.3) is 0 Å². The van der Waals surface area contributed by atoms with Gasteiger partial charge < -0.3 is 5.73 Å². The van der Waals surface area contributed by atoms with Crippen LogP contribution in [0.3, 0.4) is 0 Å². The molecule has 0 saturated heterocycles. The summed E-state index contributed by atoms with van der Waals surface area (Å²) < 4.78 is 15.5. The second-order valence-electron chi connectivity index (χ2n) is 3.67. The number of hydrogen-bond donors (Lipinski definition) is 1. The lowest BCUT2D eigenvalue weighted by molar-refractivity contribution is 0.599. The summed E-state index contributed by atoms with van der Waals surface area (Å²) >= 11 is 8.36. The standard InChI is InChI=1S/C12H10Br2FNS/c1-6-8(14)5-10(17-6)12(16)11-7(13)3-2-4-9(11)15/h2-5,12H,16H2,1H3. The molecule has 1 aromatic heterocycles. The SMILES string of the molecule is Cc1sc(C(N)c2c(F)cccc2Br)cc1Br. The molecule has 90 valence electrons. The fraction of sp³-hybridized carbons (Fsp3) is 0.167. The van der Waals surface area contributed by atoms with Crippen molar-refractivity contribution in [2.75, 3.05) is 0 Å². The molecule has 0 bridgehead atoms. The number of hydrogen-bond acceptors (Lipinski definition) is 2. The molecule has 2 aromatic rings. The topological polar surface area (TPSA) is 26.0 Å². The highest BCUT2D eigenvalue weighted by Gasteiger charge is 2.19. The minimum absolute atomic E-state index is 0.283. The molecular weight excluding hydrogens is 369 g/mol. The smallest absolute Gasteiger partial charge is 0.129 e. The Labute approximate surface area is 120 Å². The third-order valence-electron chi connectivity index (χ3n) is 2.49. The van der Waals surface area contributed by atoms with Crippen LogP contribution >= 0.6 is 43.2 Å². The minimum atomic E-state index is -0.444. The first-order chi connectivity index (χ1) is 8.00. The third kappa shape index (κ3) is 2.62. The van der Waals surface area contributed by atoms with E-state index in [4.69, 9.17) is 5.73 Å². The molecule has 0 saturated carbocycles. The van der Waals surface area contributed by atoms with Gasteiger partial charge in [0.2, 0.25) is 0 Å². The molecule has 2 rings (SSSR count). The number of halogens is 3. The van der Waals surface area contributed by atoms with Gasteiger partial charge in [-0.05, 0) is 41.1 Å². The van der Waals surface area contributed by atoms with E-state index in [1.165, 1.54) is 6.07 Å². The van der Waals surface area contributed by atoms with Crippen LogP contribution < -0.4 is 5.73 Å². The summed E-state index contributed by atoms with van der Waals surface area (Å²) in [6, 6.07) is 6.39. The van der Waals surface area contributed by atoms with Gasteiger partial charge in [0.1, 0.15) is 5.82 Å². The van der Waals surface area contributed by atoms with Crippen LogP contribution in [0.15, 0.2) is 33.2 Å². The lowest BCUT2D eigenvalue weighted by Gasteiger charge is -2.13. The first kappa shape index (κ1) is 13.2. The summed E-state index contributed by atoms with van der Waals surface area (Å²) in [7, 11) is 0. The molecule has 5 heteroatoms. The van der Waals surface area contributed by atoms with Crippen molar-refractivity contribution in [3.8, 4) is 0 Å². The predicted molar refractivity (Wildman–Crippen MR) is 76.9 cm³/mol. The van der Waals surface area contributed by atoms with Crippen LogP contribution in [0.4, 0.5) is 4.39 Å². The number of nitrogens with two attached hydrogens (primary N) is 1. The Morgan fingerprint density at radius 1 is 1.29 bits per heavy atom. The summed E-state index contributed by atoms with van der Waals surface area (Å²) in [4.78, 5) is 2.09. The summed E-state index contributed by atoms with van der Waals surface area (Å²) in [5.41, 5.74) is 6.62. The largest absolute Gasteiger partial charge is 0.319 e. The van der Waals surface area contributed by atoms with Gasteiger partial charge in [0.05, 0.1) is 6.04 Å². The lowest BCUT2D eigenvalue weighted by Crippen LogP contribution is -2.12. The summed E-state index contributed by atoms with van der Waals surface area (Å²) in [5, 5.41) is 0. The van der Waals surface area contributed by atoms with E-state index in [0.29, 0.717) is 10.0 Å². The Hall–Kier alpha value is -0.230. The van der Waals surface area contributed by atoms with Crippen LogP contribution in [-0.2, 0) is 0 Å². The van der Waals surface area contributed by atoms with Gasteiger partial charge in [-0.2, -0.15) is 0 Å². The Morgan fingerprint density at radius 2 is 2.00 bits per heavy atom. The van der Waals surface area contributed by atoms with E-state index >= 15 is 0 Å². The van der Waals surface area contributed by atoms with Crippen LogP contribution in [-0.4, -0.2) is 0 Å². The van der Waals surface area contributed by atoms with Crippen molar-refractivity contribution in [2.45, 2.75) is 13.0 Å². The summed E-state index contributed by atoms with van der Waals surface area (Å²) in [6.45, 7) is 2.00. The van der Waals surface area contributed by atoms with Gasteiger partial charge in [0, 0.05) is 24.3 Å². The fourth-order valence-electron chi connectivity index (χ4n) is 1.58. The van der Waals surface area contributed by atoms with E-state index in [1.54, 1.807) is 23.5 Å². The summed E-state index contributed by atoms with van der Waals surface area (Å²) in [6.07, 6.45) is 0. The van der Waals surface area contributed by atoms with Gasteiger partial charge in [-0.15, -0.1) is 11.3 Å². The molecule has 0 aliphatic carbocycles. The molecule has 1 nitrogen and oxygen atoms in total. The highest BCUT2D eigenvalue weighted by molar-refractivity contribution is 9.10. The first-order valence-corrected chi connectivity index (χ1v) is 7.36. The highest BCUT2D eigenvalue weighted by Crippen LogP contribution is 2.35. The maximum absolute atomic E-state index is 13.8. The summed E-state index contributed by atoms with van der Waals surface area (Å²) in [5.74, 6) is -0.283. The predicted octanol–water partition coefficient (Wildman–Crippen LogP) is 4.77. The van der Waals surface area contributed by atoms with Crippen LogP contribution in [0.1, 0.15) is 21.4 Å².